The van der Waals surface area contributed by atoms with Crippen LogP contribution in [0.15, 0.2) is 53.7 Å². The van der Waals surface area contributed by atoms with Crippen LogP contribution in [0.25, 0.3) is 0 Å². The Hall–Kier alpha value is -3.21. The van der Waals surface area contributed by atoms with Crippen molar-refractivity contribution >= 4 is 23.4 Å². The number of benzene rings is 2. The predicted molar refractivity (Wildman–Crippen MR) is 137 cm³/mol. The first-order chi connectivity index (χ1) is 18.4. The van der Waals surface area contributed by atoms with Gasteiger partial charge in [-0.2, -0.15) is 8.78 Å². The summed E-state index contributed by atoms with van der Waals surface area (Å²) in [7, 11) is 0. The molecule has 3 aromatic rings. The van der Waals surface area contributed by atoms with Gasteiger partial charge >= 0.3 is 6.61 Å². The number of carbonyl (C=O) groups is 1. The minimum absolute atomic E-state index is 0.0141. The van der Waals surface area contributed by atoms with Gasteiger partial charge in [0.1, 0.15) is 12.4 Å². The number of hydrogen-bond donors (Lipinski definition) is 1. The first-order valence-corrected chi connectivity index (χ1v) is 13.6. The molecular weight excluding hydrogens is 517 g/mol. The van der Waals surface area contributed by atoms with E-state index < -0.39 is 12.4 Å². The van der Waals surface area contributed by atoms with Crippen molar-refractivity contribution in [2.75, 3.05) is 11.1 Å². The molecule has 0 unspecified atom stereocenters. The first kappa shape index (κ1) is 26.4. The molecule has 2 bridgehead atoms. The van der Waals surface area contributed by atoms with E-state index in [1.807, 2.05) is 4.57 Å². The molecule has 2 saturated carbocycles. The maximum atomic E-state index is 14.1. The highest BCUT2D eigenvalue weighted by molar-refractivity contribution is 7.99. The lowest BCUT2D eigenvalue weighted by Crippen LogP contribution is -2.25. The zero-order valence-electron chi connectivity index (χ0n) is 20.9. The van der Waals surface area contributed by atoms with E-state index in [2.05, 4.69) is 27.2 Å². The van der Waals surface area contributed by atoms with E-state index in [4.69, 9.17) is 4.74 Å². The highest BCUT2D eigenvalue weighted by atomic mass is 32.2. The smallest absolute Gasteiger partial charge is 0.387 e. The summed E-state index contributed by atoms with van der Waals surface area (Å²) in [4.78, 5) is 12.6. The summed E-state index contributed by atoms with van der Waals surface area (Å²) in [6.07, 6.45) is 4.93. The number of aromatic nitrogens is 3. The van der Waals surface area contributed by atoms with Crippen molar-refractivity contribution in [1.29, 1.82) is 0 Å². The highest BCUT2D eigenvalue weighted by Gasteiger charge is 2.43. The number of amides is 1. The third-order valence-corrected chi connectivity index (χ3v) is 8.39. The van der Waals surface area contributed by atoms with E-state index in [9.17, 15) is 18.0 Å². The maximum Gasteiger partial charge on any atom is 0.387 e. The molecular formula is C27H29F3N4O3S. The average Bonchev–Trinajstić information content (AvgIpc) is 3.64. The third kappa shape index (κ3) is 6.09. The van der Waals surface area contributed by atoms with E-state index >= 15 is 0 Å². The molecule has 5 rings (SSSR count). The van der Waals surface area contributed by atoms with Gasteiger partial charge in [0.05, 0.1) is 5.75 Å². The van der Waals surface area contributed by atoms with Gasteiger partial charge in [-0.25, -0.2) is 4.39 Å². The topological polar surface area (TPSA) is 78.3 Å². The fourth-order valence-corrected chi connectivity index (χ4v) is 6.58. The Balaban J connectivity index is 1.27. The summed E-state index contributed by atoms with van der Waals surface area (Å²) in [5.74, 6) is 2.01. The fourth-order valence-electron chi connectivity index (χ4n) is 5.74. The second-order valence-corrected chi connectivity index (χ2v) is 10.7. The molecule has 1 amide bonds. The summed E-state index contributed by atoms with van der Waals surface area (Å²) >= 11 is 1.26. The molecule has 0 saturated heterocycles. The second kappa shape index (κ2) is 11.7. The number of thioether (sulfide) groups is 1. The fraction of sp³-hybridized carbons (Fsp3) is 0.444. The Morgan fingerprint density at radius 3 is 2.61 bits per heavy atom. The van der Waals surface area contributed by atoms with Crippen molar-refractivity contribution in [3.63, 3.8) is 0 Å². The number of carbonyl (C=O) groups excluding carboxylic acids is 1. The number of alkyl halides is 2. The normalized spacial score (nSPS) is 21.0. The van der Waals surface area contributed by atoms with Gasteiger partial charge < -0.3 is 14.8 Å². The third-order valence-electron chi connectivity index (χ3n) is 7.44. The predicted octanol–water partition coefficient (Wildman–Crippen LogP) is 6.33. The van der Waals surface area contributed by atoms with Gasteiger partial charge in [-0.05, 0) is 80.3 Å². The van der Waals surface area contributed by atoms with Crippen LogP contribution in [0.4, 0.5) is 18.9 Å². The van der Waals surface area contributed by atoms with E-state index in [1.54, 1.807) is 18.2 Å². The van der Waals surface area contributed by atoms with Crippen LogP contribution in [0.2, 0.25) is 0 Å². The highest BCUT2D eigenvalue weighted by Crippen LogP contribution is 2.52. The van der Waals surface area contributed by atoms with Crippen LogP contribution in [0.1, 0.15) is 44.5 Å². The Morgan fingerprint density at radius 2 is 1.92 bits per heavy atom. The lowest BCUT2D eigenvalue weighted by atomic mass is 9.84. The number of anilines is 1. The van der Waals surface area contributed by atoms with Crippen molar-refractivity contribution in [2.45, 2.75) is 57.0 Å². The maximum absolute atomic E-state index is 14.1. The molecule has 202 valence electrons. The average molecular weight is 547 g/mol. The number of para-hydroxylation sites is 1. The SMILES string of the molecule is C[C@@H]([C@@H]1C[C@@H]2CC[C@@H]1C2)n1c(COc2ccccc2F)nnc1SCC(=O)Nc1ccc(OC(F)F)cc1. The van der Waals surface area contributed by atoms with Crippen molar-refractivity contribution in [3.05, 3.63) is 60.2 Å². The number of nitrogens with zero attached hydrogens (tertiary/aromatic N) is 3. The molecule has 7 nitrogen and oxygen atoms in total. The summed E-state index contributed by atoms with van der Waals surface area (Å²) in [5.41, 5.74) is 0.466. The van der Waals surface area contributed by atoms with Gasteiger partial charge in [0.15, 0.2) is 22.5 Å². The van der Waals surface area contributed by atoms with Gasteiger partial charge in [-0.3, -0.25) is 9.36 Å². The molecule has 38 heavy (non-hydrogen) atoms. The van der Waals surface area contributed by atoms with E-state index in [-0.39, 0.29) is 35.8 Å². The van der Waals surface area contributed by atoms with Crippen molar-refractivity contribution in [1.82, 2.24) is 14.8 Å². The second-order valence-electron chi connectivity index (χ2n) is 9.81. The molecule has 2 aliphatic rings. The van der Waals surface area contributed by atoms with Crippen molar-refractivity contribution < 1.29 is 27.4 Å². The largest absolute Gasteiger partial charge is 0.483 e. The number of rotatable bonds is 11. The number of nitrogens with one attached hydrogen (secondary N) is 1. The molecule has 2 fully saturated rings. The summed E-state index contributed by atoms with van der Waals surface area (Å²) in [6, 6.07) is 12.1. The van der Waals surface area contributed by atoms with Crippen LogP contribution < -0.4 is 14.8 Å². The minimum atomic E-state index is -2.91. The van der Waals surface area contributed by atoms with Gasteiger partial charge in [0.2, 0.25) is 5.91 Å². The van der Waals surface area contributed by atoms with Crippen LogP contribution in [0, 0.1) is 23.6 Å². The molecule has 1 N–H and O–H groups in total. The molecule has 0 spiro atoms. The monoisotopic (exact) mass is 546 g/mol. The van der Waals surface area contributed by atoms with Gasteiger partial charge in [-0.15, -0.1) is 10.2 Å². The van der Waals surface area contributed by atoms with Crippen LogP contribution in [0.5, 0.6) is 11.5 Å². The van der Waals surface area contributed by atoms with E-state index in [1.165, 1.54) is 61.4 Å². The van der Waals surface area contributed by atoms with Crippen molar-refractivity contribution in [3.8, 4) is 11.5 Å². The molecule has 0 aliphatic heterocycles. The van der Waals surface area contributed by atoms with Crippen LogP contribution in [-0.4, -0.2) is 33.0 Å². The van der Waals surface area contributed by atoms with Crippen LogP contribution in [0.3, 0.4) is 0 Å². The van der Waals surface area contributed by atoms with Gasteiger partial charge in [0.25, 0.3) is 0 Å². The van der Waals surface area contributed by atoms with E-state index in [0.29, 0.717) is 28.5 Å². The number of hydrogen-bond acceptors (Lipinski definition) is 6. The Morgan fingerprint density at radius 1 is 1.13 bits per heavy atom. The Bertz CT molecular complexity index is 1260. The summed E-state index contributed by atoms with van der Waals surface area (Å²) in [5, 5.41) is 12.1. The molecule has 4 atom stereocenters. The molecule has 2 aromatic carbocycles. The summed E-state index contributed by atoms with van der Waals surface area (Å²) < 4.78 is 50.9. The van der Waals surface area contributed by atoms with Gasteiger partial charge in [0, 0.05) is 11.7 Å². The number of ether oxygens (including phenoxy) is 2. The molecule has 1 heterocycles. The van der Waals surface area contributed by atoms with Crippen molar-refractivity contribution in [2.24, 2.45) is 17.8 Å². The quantitative estimate of drug-likeness (QED) is 0.284. The van der Waals surface area contributed by atoms with Gasteiger partial charge in [-0.1, -0.05) is 30.3 Å². The Labute approximate surface area is 223 Å². The minimum Gasteiger partial charge on any atom is -0.483 e. The number of fused-ring (bicyclic) bond motifs is 2. The zero-order chi connectivity index (χ0) is 26.6. The Kier molecular flexibility index (Phi) is 8.11. The lowest BCUT2D eigenvalue weighted by Gasteiger charge is -2.30. The zero-order valence-corrected chi connectivity index (χ0v) is 21.7. The molecule has 1 aromatic heterocycles. The number of halogens is 3. The van der Waals surface area contributed by atoms with Crippen LogP contribution >= 0.6 is 11.8 Å². The lowest BCUT2D eigenvalue weighted by molar-refractivity contribution is -0.113. The molecule has 2 aliphatic carbocycles. The summed E-state index contributed by atoms with van der Waals surface area (Å²) in [6.45, 7) is -0.694. The van der Waals surface area contributed by atoms with E-state index in [0.717, 1.165) is 12.3 Å². The first-order valence-electron chi connectivity index (χ1n) is 12.7. The van der Waals surface area contributed by atoms with Crippen LogP contribution in [-0.2, 0) is 11.4 Å². The molecule has 11 heteroatoms. The standard InChI is InChI=1S/C27H29F3N4O3S/c1-16(21-13-17-6-7-18(21)12-17)34-24(14-36-23-5-3-2-4-22(23)28)32-33-27(34)38-15-25(35)31-19-8-10-20(11-9-19)37-26(29)30/h2-5,8-11,16-18,21,26H,6-7,12-15H2,1H3,(H,31,35)/t16-,17+,18+,21-/m0/s1. The molecule has 0 radical (unpaired) electrons.